The smallest absolute Gasteiger partial charge is 0.257 e. The molecule has 0 spiro atoms. The van der Waals surface area contributed by atoms with Gasteiger partial charge < -0.3 is 10.1 Å². The standard InChI is InChI=1S/C7H11N3O2S/c1-7(2,12-3)6(11)8-5-4-13-10-9-5/h4H,1-3H3,(H,8,11). The van der Waals surface area contributed by atoms with Crippen molar-refractivity contribution < 1.29 is 9.53 Å². The predicted octanol–water partition coefficient (Wildman–Crippen LogP) is 0.902. The summed E-state index contributed by atoms with van der Waals surface area (Å²) in [6.07, 6.45) is 0. The number of hydrogen-bond acceptors (Lipinski definition) is 5. The summed E-state index contributed by atoms with van der Waals surface area (Å²) in [5.74, 6) is 0.225. The summed E-state index contributed by atoms with van der Waals surface area (Å²) in [5.41, 5.74) is -0.844. The third-order valence-corrected chi connectivity index (χ3v) is 2.16. The van der Waals surface area contributed by atoms with E-state index in [1.165, 1.54) is 18.6 Å². The van der Waals surface area contributed by atoms with Gasteiger partial charge in [-0.2, -0.15) is 0 Å². The Morgan fingerprint density at radius 2 is 2.38 bits per heavy atom. The van der Waals surface area contributed by atoms with Crippen LogP contribution in [0.5, 0.6) is 0 Å². The van der Waals surface area contributed by atoms with Crippen molar-refractivity contribution in [3.05, 3.63) is 5.38 Å². The van der Waals surface area contributed by atoms with Gasteiger partial charge in [0.25, 0.3) is 5.91 Å². The fourth-order valence-corrected chi connectivity index (χ4v) is 0.967. The molecule has 0 aromatic carbocycles. The third kappa shape index (κ3) is 2.46. The van der Waals surface area contributed by atoms with E-state index in [9.17, 15) is 4.79 Å². The Bertz CT molecular complexity index is 284. The summed E-state index contributed by atoms with van der Waals surface area (Å²) in [7, 11) is 1.48. The predicted molar refractivity (Wildman–Crippen MR) is 49.6 cm³/mol. The molecule has 1 aromatic heterocycles. The molecule has 0 aliphatic heterocycles. The molecular weight excluding hydrogens is 190 g/mol. The van der Waals surface area contributed by atoms with Crippen molar-refractivity contribution in [1.82, 2.24) is 9.59 Å². The molecule has 0 radical (unpaired) electrons. The van der Waals surface area contributed by atoms with Crippen LogP contribution in [0.2, 0.25) is 0 Å². The lowest BCUT2D eigenvalue weighted by Gasteiger charge is -2.20. The fourth-order valence-electron chi connectivity index (χ4n) is 0.579. The van der Waals surface area contributed by atoms with E-state index in [2.05, 4.69) is 14.9 Å². The van der Waals surface area contributed by atoms with Crippen LogP contribution < -0.4 is 5.32 Å². The van der Waals surface area contributed by atoms with Gasteiger partial charge in [-0.3, -0.25) is 4.79 Å². The van der Waals surface area contributed by atoms with Crippen molar-refractivity contribution in [1.29, 1.82) is 0 Å². The molecule has 0 saturated carbocycles. The third-order valence-electron chi connectivity index (χ3n) is 1.66. The highest BCUT2D eigenvalue weighted by molar-refractivity contribution is 7.03. The molecule has 1 heterocycles. The first-order valence-corrected chi connectivity index (χ1v) is 4.53. The van der Waals surface area contributed by atoms with E-state index in [-0.39, 0.29) is 5.91 Å². The van der Waals surface area contributed by atoms with E-state index in [1.807, 2.05) is 0 Å². The second kappa shape index (κ2) is 3.80. The molecule has 0 atom stereocenters. The molecule has 6 heteroatoms. The van der Waals surface area contributed by atoms with Gasteiger partial charge in [0, 0.05) is 7.11 Å². The monoisotopic (exact) mass is 201 g/mol. The largest absolute Gasteiger partial charge is 0.369 e. The van der Waals surface area contributed by atoms with E-state index in [4.69, 9.17) is 4.74 Å². The molecule has 0 fully saturated rings. The van der Waals surface area contributed by atoms with E-state index in [0.29, 0.717) is 5.82 Å². The SMILES string of the molecule is COC(C)(C)C(=O)Nc1csnn1. The van der Waals surface area contributed by atoms with E-state index in [0.717, 1.165) is 0 Å². The lowest BCUT2D eigenvalue weighted by atomic mass is 10.1. The number of nitrogens with zero attached hydrogens (tertiary/aromatic N) is 2. The number of methoxy groups -OCH3 is 1. The minimum atomic E-state index is -0.844. The first-order valence-electron chi connectivity index (χ1n) is 3.70. The molecular formula is C7H11N3O2S. The number of amides is 1. The quantitative estimate of drug-likeness (QED) is 0.789. The molecule has 13 heavy (non-hydrogen) atoms. The van der Waals surface area contributed by atoms with Crippen LogP contribution in [0, 0.1) is 0 Å². The maximum absolute atomic E-state index is 11.5. The van der Waals surface area contributed by atoms with Crippen LogP contribution >= 0.6 is 11.5 Å². The van der Waals surface area contributed by atoms with Crippen LogP contribution in [0.4, 0.5) is 5.82 Å². The Balaban J connectivity index is 2.61. The Morgan fingerprint density at radius 3 is 2.85 bits per heavy atom. The molecule has 0 unspecified atom stereocenters. The van der Waals surface area contributed by atoms with Crippen LogP contribution in [-0.2, 0) is 9.53 Å². The maximum atomic E-state index is 11.5. The Morgan fingerprint density at radius 1 is 1.69 bits per heavy atom. The zero-order valence-electron chi connectivity index (χ0n) is 7.70. The van der Waals surface area contributed by atoms with Crippen molar-refractivity contribution in [3.63, 3.8) is 0 Å². The normalized spacial score (nSPS) is 11.3. The number of hydrogen-bond donors (Lipinski definition) is 1. The highest BCUT2D eigenvalue weighted by Crippen LogP contribution is 2.11. The van der Waals surface area contributed by atoms with Crippen LogP contribution in [0.3, 0.4) is 0 Å². The van der Waals surface area contributed by atoms with Crippen molar-refractivity contribution in [2.45, 2.75) is 19.4 Å². The number of aromatic nitrogens is 2. The Labute approximate surface area is 80.3 Å². The lowest BCUT2D eigenvalue weighted by molar-refractivity contribution is -0.133. The average Bonchev–Trinajstić information content (AvgIpc) is 2.57. The number of ether oxygens (including phenoxy) is 1. The zero-order chi connectivity index (χ0) is 9.90. The van der Waals surface area contributed by atoms with Gasteiger partial charge in [-0.15, -0.1) is 5.10 Å². The number of carbonyl (C=O) groups is 1. The molecule has 0 saturated heterocycles. The van der Waals surface area contributed by atoms with Crippen LogP contribution in [0.1, 0.15) is 13.8 Å². The van der Waals surface area contributed by atoms with E-state index in [1.54, 1.807) is 19.2 Å². The molecule has 1 aromatic rings. The van der Waals surface area contributed by atoms with E-state index >= 15 is 0 Å². The van der Waals surface area contributed by atoms with Crippen molar-refractivity contribution in [3.8, 4) is 0 Å². The van der Waals surface area contributed by atoms with Gasteiger partial charge in [0.1, 0.15) is 5.60 Å². The fraction of sp³-hybridized carbons (Fsp3) is 0.571. The van der Waals surface area contributed by atoms with Crippen molar-refractivity contribution in [2.24, 2.45) is 0 Å². The second-order valence-electron chi connectivity index (χ2n) is 2.96. The van der Waals surface area contributed by atoms with Crippen LogP contribution in [0.25, 0.3) is 0 Å². The molecule has 72 valence electrons. The Hall–Kier alpha value is -1.01. The number of nitrogens with one attached hydrogen (secondary N) is 1. The summed E-state index contributed by atoms with van der Waals surface area (Å²) in [6, 6.07) is 0. The van der Waals surface area contributed by atoms with Gasteiger partial charge in [-0.05, 0) is 25.4 Å². The molecule has 0 aliphatic carbocycles. The van der Waals surface area contributed by atoms with Gasteiger partial charge in [-0.25, -0.2) is 0 Å². The summed E-state index contributed by atoms with van der Waals surface area (Å²) < 4.78 is 8.61. The summed E-state index contributed by atoms with van der Waals surface area (Å²) in [6.45, 7) is 3.37. The number of carbonyl (C=O) groups excluding carboxylic acids is 1. The summed E-state index contributed by atoms with van der Waals surface area (Å²) in [5, 5.41) is 7.93. The molecule has 0 aliphatic rings. The topological polar surface area (TPSA) is 64.1 Å². The van der Waals surface area contributed by atoms with Gasteiger partial charge >= 0.3 is 0 Å². The highest BCUT2D eigenvalue weighted by atomic mass is 32.1. The lowest BCUT2D eigenvalue weighted by Crippen LogP contribution is -2.38. The minimum Gasteiger partial charge on any atom is -0.369 e. The van der Waals surface area contributed by atoms with Gasteiger partial charge in [0.15, 0.2) is 5.82 Å². The van der Waals surface area contributed by atoms with Crippen LogP contribution in [0.15, 0.2) is 5.38 Å². The second-order valence-corrected chi connectivity index (χ2v) is 3.57. The Kier molecular flexibility index (Phi) is 2.94. The van der Waals surface area contributed by atoms with E-state index < -0.39 is 5.60 Å². The minimum absolute atomic E-state index is 0.234. The van der Waals surface area contributed by atoms with Gasteiger partial charge in [0.05, 0.1) is 5.38 Å². The number of rotatable bonds is 3. The summed E-state index contributed by atoms with van der Waals surface area (Å²) >= 11 is 1.18. The molecule has 1 amide bonds. The van der Waals surface area contributed by atoms with Gasteiger partial charge in [-0.1, -0.05) is 4.49 Å². The molecule has 5 nitrogen and oxygen atoms in total. The molecule has 1 N–H and O–H groups in total. The number of anilines is 1. The first kappa shape index (κ1) is 10.1. The molecule has 0 bridgehead atoms. The maximum Gasteiger partial charge on any atom is 0.257 e. The van der Waals surface area contributed by atoms with Crippen LogP contribution in [-0.4, -0.2) is 28.2 Å². The van der Waals surface area contributed by atoms with Crippen molar-refractivity contribution >= 4 is 23.3 Å². The summed E-state index contributed by atoms with van der Waals surface area (Å²) in [4.78, 5) is 11.5. The van der Waals surface area contributed by atoms with Crippen molar-refractivity contribution in [2.75, 3.05) is 12.4 Å². The average molecular weight is 201 g/mol. The molecule has 1 rings (SSSR count). The first-order chi connectivity index (χ1) is 6.06. The van der Waals surface area contributed by atoms with Gasteiger partial charge in [0.2, 0.25) is 0 Å². The zero-order valence-corrected chi connectivity index (χ0v) is 8.51. The highest BCUT2D eigenvalue weighted by Gasteiger charge is 2.27.